The Bertz CT molecular complexity index is 703. The maximum absolute atomic E-state index is 12.0. The van der Waals surface area contributed by atoms with Crippen molar-refractivity contribution >= 4 is 17.4 Å². The summed E-state index contributed by atoms with van der Waals surface area (Å²) in [5.74, 6) is 0.243. The molecule has 0 unspecified atom stereocenters. The van der Waals surface area contributed by atoms with E-state index in [1.807, 2.05) is 17.0 Å². The molecule has 0 aromatic heterocycles. The van der Waals surface area contributed by atoms with E-state index in [2.05, 4.69) is 17.5 Å². The molecule has 3 rings (SSSR count). The van der Waals surface area contributed by atoms with Gasteiger partial charge in [-0.2, -0.15) is 0 Å². The van der Waals surface area contributed by atoms with Gasteiger partial charge in [-0.3, -0.25) is 9.59 Å². The van der Waals surface area contributed by atoms with Gasteiger partial charge in [0.15, 0.2) is 0 Å². The topological polar surface area (TPSA) is 75.4 Å². The van der Waals surface area contributed by atoms with Crippen molar-refractivity contribution in [1.82, 2.24) is 10.2 Å². The highest BCUT2D eigenvalue weighted by Gasteiger charge is 2.24. The quantitative estimate of drug-likeness (QED) is 0.853. The van der Waals surface area contributed by atoms with E-state index in [-0.39, 0.29) is 11.8 Å². The molecular formula is C21H29N3O2. The third-order valence-electron chi connectivity index (χ3n) is 5.59. The molecule has 1 fully saturated rings. The van der Waals surface area contributed by atoms with E-state index in [1.165, 1.54) is 24.0 Å². The fourth-order valence-electron chi connectivity index (χ4n) is 4.10. The Balaban J connectivity index is 1.78. The molecule has 140 valence electrons. The lowest BCUT2D eigenvalue weighted by Crippen LogP contribution is -2.41. The Morgan fingerprint density at radius 2 is 2.00 bits per heavy atom. The minimum atomic E-state index is -0.356. The van der Waals surface area contributed by atoms with Crippen LogP contribution in [0.25, 0.3) is 5.57 Å². The Morgan fingerprint density at radius 1 is 1.23 bits per heavy atom. The first-order chi connectivity index (χ1) is 12.6. The van der Waals surface area contributed by atoms with Gasteiger partial charge in [-0.1, -0.05) is 18.2 Å². The molecule has 3 N–H and O–H groups in total. The van der Waals surface area contributed by atoms with Gasteiger partial charge < -0.3 is 16.0 Å². The number of amides is 2. The van der Waals surface area contributed by atoms with Gasteiger partial charge >= 0.3 is 0 Å². The summed E-state index contributed by atoms with van der Waals surface area (Å²) >= 11 is 0. The molecule has 1 aromatic rings. The fourth-order valence-corrected chi connectivity index (χ4v) is 4.10. The zero-order valence-electron chi connectivity index (χ0n) is 15.6. The molecule has 0 bridgehead atoms. The highest BCUT2D eigenvalue weighted by Crippen LogP contribution is 2.34. The number of rotatable bonds is 5. The molecule has 1 heterocycles. The smallest absolute Gasteiger partial charge is 0.249 e. The van der Waals surface area contributed by atoms with Gasteiger partial charge in [-0.15, -0.1) is 0 Å². The third-order valence-corrected chi connectivity index (χ3v) is 5.59. The maximum atomic E-state index is 12.0. The number of nitrogens with one attached hydrogen (secondary N) is 1. The van der Waals surface area contributed by atoms with E-state index >= 15 is 0 Å². The SMILES string of the molecule is CNCC(=O)N1CCC(c2ccc(C(N)=O)c(C3=CCCCC3)c2)CC1. The second-order valence-electron chi connectivity index (χ2n) is 7.33. The number of hydrogen-bond acceptors (Lipinski definition) is 3. The van der Waals surface area contributed by atoms with E-state index in [9.17, 15) is 9.59 Å². The van der Waals surface area contributed by atoms with E-state index in [1.54, 1.807) is 7.05 Å². The first kappa shape index (κ1) is 18.6. The average Bonchev–Trinajstić information content (AvgIpc) is 2.68. The number of likely N-dealkylation sites (tertiary alicyclic amines) is 1. The van der Waals surface area contributed by atoms with E-state index in [0.717, 1.165) is 44.3 Å². The van der Waals surface area contributed by atoms with E-state index < -0.39 is 0 Å². The predicted molar refractivity (Wildman–Crippen MR) is 104 cm³/mol. The number of piperidine rings is 1. The first-order valence-electron chi connectivity index (χ1n) is 9.65. The van der Waals surface area contributed by atoms with Crippen LogP contribution in [-0.2, 0) is 4.79 Å². The molecule has 2 amide bonds. The molecular weight excluding hydrogens is 326 g/mol. The maximum Gasteiger partial charge on any atom is 0.249 e. The zero-order chi connectivity index (χ0) is 18.5. The molecule has 2 aliphatic rings. The number of benzene rings is 1. The van der Waals surface area contributed by atoms with Gasteiger partial charge in [-0.25, -0.2) is 0 Å². The Labute approximate surface area is 155 Å². The number of carbonyl (C=O) groups is 2. The van der Waals surface area contributed by atoms with Crippen LogP contribution in [0.15, 0.2) is 24.3 Å². The largest absolute Gasteiger partial charge is 0.366 e. The summed E-state index contributed by atoms with van der Waals surface area (Å²) in [7, 11) is 1.80. The lowest BCUT2D eigenvalue weighted by molar-refractivity contribution is -0.131. The minimum Gasteiger partial charge on any atom is -0.366 e. The van der Waals surface area contributed by atoms with Crippen molar-refractivity contribution in [1.29, 1.82) is 0 Å². The van der Waals surface area contributed by atoms with Crippen molar-refractivity contribution in [2.45, 2.75) is 44.4 Å². The number of nitrogens with zero attached hydrogens (tertiary/aromatic N) is 1. The first-order valence-corrected chi connectivity index (χ1v) is 9.65. The minimum absolute atomic E-state index is 0.170. The summed E-state index contributed by atoms with van der Waals surface area (Å²) in [6.45, 7) is 1.98. The Kier molecular flexibility index (Phi) is 6.09. The zero-order valence-corrected chi connectivity index (χ0v) is 15.6. The van der Waals surface area contributed by atoms with Crippen molar-refractivity contribution < 1.29 is 9.59 Å². The van der Waals surface area contributed by atoms with Crippen molar-refractivity contribution in [3.8, 4) is 0 Å². The lowest BCUT2D eigenvalue weighted by Gasteiger charge is -2.32. The molecule has 0 spiro atoms. The molecule has 5 heteroatoms. The van der Waals surface area contributed by atoms with Gasteiger partial charge in [0.25, 0.3) is 0 Å². The fraction of sp³-hybridized carbons (Fsp3) is 0.524. The van der Waals surface area contributed by atoms with Crippen LogP contribution in [0.2, 0.25) is 0 Å². The molecule has 26 heavy (non-hydrogen) atoms. The highest BCUT2D eigenvalue weighted by molar-refractivity contribution is 5.98. The molecule has 0 saturated carbocycles. The van der Waals surface area contributed by atoms with Crippen LogP contribution in [0.3, 0.4) is 0 Å². The van der Waals surface area contributed by atoms with Gasteiger partial charge in [0.2, 0.25) is 11.8 Å². The lowest BCUT2D eigenvalue weighted by atomic mass is 9.84. The van der Waals surface area contributed by atoms with Crippen LogP contribution >= 0.6 is 0 Å². The number of hydrogen-bond donors (Lipinski definition) is 2. The second-order valence-corrected chi connectivity index (χ2v) is 7.33. The van der Waals surface area contributed by atoms with E-state index in [4.69, 9.17) is 5.73 Å². The number of primary amides is 1. The van der Waals surface area contributed by atoms with Crippen LogP contribution in [0.5, 0.6) is 0 Å². The van der Waals surface area contributed by atoms with Gasteiger partial charge in [-0.05, 0) is 74.3 Å². The number of likely N-dealkylation sites (N-methyl/N-ethyl adjacent to an activating group) is 1. The van der Waals surface area contributed by atoms with Gasteiger partial charge in [0.1, 0.15) is 0 Å². The van der Waals surface area contributed by atoms with Crippen molar-refractivity contribution in [3.63, 3.8) is 0 Å². The summed E-state index contributed by atoms with van der Waals surface area (Å²) in [6, 6.07) is 6.11. The number of allylic oxidation sites excluding steroid dienone is 2. The third kappa shape index (κ3) is 4.15. The summed E-state index contributed by atoms with van der Waals surface area (Å²) in [4.78, 5) is 25.8. The molecule has 5 nitrogen and oxygen atoms in total. The molecule has 0 atom stereocenters. The number of nitrogens with two attached hydrogens (primary N) is 1. The standard InChI is InChI=1S/C21H29N3O2/c1-23-14-20(25)24-11-9-15(10-12-24)17-7-8-18(21(22)26)19(13-17)16-5-3-2-4-6-16/h5,7-8,13,15,23H,2-4,6,9-12,14H2,1H3,(H2,22,26). The van der Waals surface area contributed by atoms with Crippen LogP contribution in [0.1, 0.15) is 65.9 Å². The van der Waals surface area contributed by atoms with Crippen LogP contribution < -0.4 is 11.1 Å². The monoisotopic (exact) mass is 355 g/mol. The number of carbonyl (C=O) groups excluding carboxylic acids is 2. The molecule has 1 aliphatic carbocycles. The predicted octanol–water partition coefficient (Wildman–Crippen LogP) is 2.67. The van der Waals surface area contributed by atoms with Crippen molar-refractivity contribution in [2.75, 3.05) is 26.7 Å². The summed E-state index contributed by atoms with van der Waals surface area (Å²) in [5, 5.41) is 2.93. The van der Waals surface area contributed by atoms with Crippen molar-refractivity contribution in [3.05, 3.63) is 41.0 Å². The average molecular weight is 355 g/mol. The van der Waals surface area contributed by atoms with Crippen LogP contribution in [-0.4, -0.2) is 43.4 Å². The van der Waals surface area contributed by atoms with Crippen LogP contribution in [0, 0.1) is 0 Å². The van der Waals surface area contributed by atoms with Gasteiger partial charge in [0, 0.05) is 18.7 Å². The van der Waals surface area contributed by atoms with E-state index in [0.29, 0.717) is 18.0 Å². The highest BCUT2D eigenvalue weighted by atomic mass is 16.2. The molecule has 1 aromatic carbocycles. The van der Waals surface area contributed by atoms with Crippen LogP contribution in [0.4, 0.5) is 0 Å². The molecule has 0 radical (unpaired) electrons. The Morgan fingerprint density at radius 3 is 2.62 bits per heavy atom. The normalized spacial score (nSPS) is 18.5. The summed E-state index contributed by atoms with van der Waals surface area (Å²) in [5.41, 5.74) is 9.78. The Hall–Kier alpha value is -2.14. The molecule has 1 saturated heterocycles. The molecule has 1 aliphatic heterocycles. The summed E-state index contributed by atoms with van der Waals surface area (Å²) in [6.07, 6.45) is 8.65. The van der Waals surface area contributed by atoms with Gasteiger partial charge in [0.05, 0.1) is 6.54 Å². The second kappa shape index (κ2) is 8.49. The summed E-state index contributed by atoms with van der Waals surface area (Å²) < 4.78 is 0. The van der Waals surface area contributed by atoms with Crippen molar-refractivity contribution in [2.24, 2.45) is 5.73 Å².